The number of alkyl halides is 3. The van der Waals surface area contributed by atoms with Crippen LogP contribution in [0.5, 0.6) is 0 Å². The normalized spacial score (nSPS) is 12.0. The highest BCUT2D eigenvalue weighted by atomic mass is 35.5. The lowest BCUT2D eigenvalue weighted by atomic mass is 10.2. The molecule has 0 aliphatic carbocycles. The Morgan fingerprint density at radius 1 is 1.00 bits per heavy atom. The van der Waals surface area contributed by atoms with Crippen molar-refractivity contribution in [3.63, 3.8) is 0 Å². The van der Waals surface area contributed by atoms with Crippen LogP contribution in [0.4, 0.5) is 0 Å². The third-order valence-corrected chi connectivity index (χ3v) is 3.50. The van der Waals surface area contributed by atoms with Crippen LogP contribution >= 0.6 is 34.8 Å². The van der Waals surface area contributed by atoms with E-state index in [1.165, 1.54) is 0 Å². The largest absolute Gasteiger partial charge is 0.126 e. The molecule has 0 unspecified atom stereocenters. The third-order valence-electron chi connectivity index (χ3n) is 0.767. The van der Waals surface area contributed by atoms with Gasteiger partial charge in [0.05, 0.1) is 0 Å². The first-order valence-electron chi connectivity index (χ1n) is 2.11. The van der Waals surface area contributed by atoms with Crippen molar-refractivity contribution in [1.82, 2.24) is 0 Å². The van der Waals surface area contributed by atoms with Gasteiger partial charge in [-0.05, 0) is 5.04 Å². The molecule has 0 amide bonds. The predicted octanol–water partition coefficient (Wildman–Crippen LogP) is 2.03. The maximum absolute atomic E-state index is 5.49. The molecule has 0 aliphatic rings. The standard InChI is InChI=1S/C4H6Cl3Si/c5-1-4(8,2-6)3-7/h1-3H2. The molecular formula is C4H6Cl3Si. The Balaban J connectivity index is 3.58. The van der Waals surface area contributed by atoms with E-state index in [2.05, 4.69) is 10.2 Å². The van der Waals surface area contributed by atoms with Crippen LogP contribution in [-0.4, -0.2) is 27.9 Å². The lowest BCUT2D eigenvalue weighted by Crippen LogP contribution is -2.18. The molecule has 47 valence electrons. The van der Waals surface area contributed by atoms with Crippen molar-refractivity contribution in [3.8, 4) is 0 Å². The Morgan fingerprint density at radius 2 is 1.25 bits per heavy atom. The van der Waals surface area contributed by atoms with Crippen LogP contribution in [-0.2, 0) is 0 Å². The van der Waals surface area contributed by atoms with Gasteiger partial charge < -0.3 is 0 Å². The number of hydrogen-bond donors (Lipinski definition) is 0. The minimum absolute atomic E-state index is 0.273. The van der Waals surface area contributed by atoms with Crippen molar-refractivity contribution in [1.29, 1.82) is 0 Å². The summed E-state index contributed by atoms with van der Waals surface area (Å²) in [7, 11) is 3.34. The zero-order valence-corrected chi connectivity index (χ0v) is 7.52. The van der Waals surface area contributed by atoms with E-state index in [1.807, 2.05) is 0 Å². The van der Waals surface area contributed by atoms with Crippen molar-refractivity contribution < 1.29 is 0 Å². The van der Waals surface area contributed by atoms with Crippen LogP contribution in [0, 0.1) is 0 Å². The van der Waals surface area contributed by atoms with E-state index in [0.717, 1.165) is 0 Å². The first kappa shape index (κ1) is 9.09. The fourth-order valence-corrected chi connectivity index (χ4v) is 0.964. The molecule has 0 aromatic heterocycles. The zero-order valence-electron chi connectivity index (χ0n) is 4.26. The highest BCUT2D eigenvalue weighted by Gasteiger charge is 2.20. The smallest absolute Gasteiger partial charge is 0.0362 e. The van der Waals surface area contributed by atoms with E-state index in [4.69, 9.17) is 34.8 Å². The maximum atomic E-state index is 5.49. The van der Waals surface area contributed by atoms with Gasteiger partial charge in [-0.3, -0.25) is 0 Å². The molecule has 0 aliphatic heterocycles. The Hall–Kier alpha value is 1.09. The van der Waals surface area contributed by atoms with Gasteiger partial charge in [-0.25, -0.2) is 0 Å². The molecule has 0 nitrogen and oxygen atoms in total. The van der Waals surface area contributed by atoms with Crippen molar-refractivity contribution >= 4 is 45.0 Å². The highest BCUT2D eigenvalue weighted by Crippen LogP contribution is 2.25. The summed E-state index contributed by atoms with van der Waals surface area (Å²) < 4.78 is 0. The molecular weight excluding hydrogens is 182 g/mol. The molecule has 0 saturated heterocycles. The van der Waals surface area contributed by atoms with Crippen molar-refractivity contribution in [3.05, 3.63) is 0 Å². The summed E-state index contributed by atoms with van der Waals surface area (Å²) in [6.45, 7) is 0. The van der Waals surface area contributed by atoms with Crippen LogP contribution in [0.2, 0.25) is 5.04 Å². The molecule has 0 rings (SSSR count). The van der Waals surface area contributed by atoms with Crippen molar-refractivity contribution in [2.24, 2.45) is 0 Å². The third kappa shape index (κ3) is 2.58. The molecule has 0 heterocycles. The summed E-state index contributed by atoms with van der Waals surface area (Å²) in [5.41, 5.74) is 0. The summed E-state index contributed by atoms with van der Waals surface area (Å²) in [5.74, 6) is 1.32. The fourth-order valence-electron chi connectivity index (χ4n) is 0.107. The summed E-state index contributed by atoms with van der Waals surface area (Å²) >= 11 is 16.5. The van der Waals surface area contributed by atoms with Gasteiger partial charge in [-0.15, -0.1) is 34.8 Å². The molecule has 4 heteroatoms. The van der Waals surface area contributed by atoms with E-state index in [1.54, 1.807) is 0 Å². The molecule has 0 bridgehead atoms. The van der Waals surface area contributed by atoms with Gasteiger partial charge in [0.1, 0.15) is 0 Å². The topological polar surface area (TPSA) is 0 Å². The lowest BCUT2D eigenvalue weighted by molar-refractivity contribution is 0.792. The van der Waals surface area contributed by atoms with Crippen LogP contribution in [0.15, 0.2) is 0 Å². The molecule has 0 fully saturated rings. The van der Waals surface area contributed by atoms with Crippen LogP contribution in [0.25, 0.3) is 0 Å². The maximum Gasteiger partial charge on any atom is 0.0362 e. The van der Waals surface area contributed by atoms with Gasteiger partial charge in [-0.2, -0.15) is 0 Å². The van der Waals surface area contributed by atoms with E-state index < -0.39 is 0 Å². The number of hydrogen-bond acceptors (Lipinski definition) is 0. The van der Waals surface area contributed by atoms with Gasteiger partial charge in [0.2, 0.25) is 0 Å². The minimum atomic E-state index is -0.273. The Morgan fingerprint density at radius 3 is 1.25 bits per heavy atom. The summed E-state index contributed by atoms with van der Waals surface area (Å²) in [4.78, 5) is 0. The second-order valence-electron chi connectivity index (χ2n) is 1.68. The Kier molecular flexibility index (Phi) is 4.53. The van der Waals surface area contributed by atoms with E-state index in [9.17, 15) is 0 Å². The molecule has 0 spiro atoms. The highest BCUT2D eigenvalue weighted by molar-refractivity contribution is 6.35. The molecule has 0 aromatic rings. The lowest BCUT2D eigenvalue weighted by Gasteiger charge is -2.19. The van der Waals surface area contributed by atoms with Gasteiger partial charge in [0.25, 0.3) is 0 Å². The average molecular weight is 189 g/mol. The van der Waals surface area contributed by atoms with Gasteiger partial charge in [-0.1, -0.05) is 0 Å². The molecule has 3 radical (unpaired) electrons. The zero-order chi connectivity index (χ0) is 6.62. The predicted molar refractivity (Wildman–Crippen MR) is 40.6 cm³/mol. The first-order valence-corrected chi connectivity index (χ1v) is 4.22. The van der Waals surface area contributed by atoms with E-state index >= 15 is 0 Å². The quantitative estimate of drug-likeness (QED) is 0.470. The molecule has 0 N–H and O–H groups in total. The van der Waals surface area contributed by atoms with Crippen LogP contribution in [0.1, 0.15) is 0 Å². The van der Waals surface area contributed by atoms with E-state index in [-0.39, 0.29) is 5.04 Å². The Bertz CT molecular complexity index is 54.0. The van der Waals surface area contributed by atoms with E-state index in [0.29, 0.717) is 17.6 Å². The number of halogens is 3. The summed E-state index contributed by atoms with van der Waals surface area (Å²) in [6.07, 6.45) is 0. The summed E-state index contributed by atoms with van der Waals surface area (Å²) in [5, 5.41) is -0.273. The molecule has 0 atom stereocenters. The van der Waals surface area contributed by atoms with Crippen molar-refractivity contribution in [2.45, 2.75) is 5.04 Å². The monoisotopic (exact) mass is 187 g/mol. The average Bonchev–Trinajstić information content (AvgIpc) is 1.87. The Labute approximate surface area is 67.9 Å². The van der Waals surface area contributed by atoms with Gasteiger partial charge in [0.15, 0.2) is 0 Å². The molecule has 8 heavy (non-hydrogen) atoms. The molecule has 0 saturated carbocycles. The first-order chi connectivity index (χ1) is 3.68. The van der Waals surface area contributed by atoms with Crippen LogP contribution in [0.3, 0.4) is 0 Å². The minimum Gasteiger partial charge on any atom is -0.126 e. The van der Waals surface area contributed by atoms with Crippen molar-refractivity contribution in [2.75, 3.05) is 17.6 Å². The second-order valence-corrected chi connectivity index (χ2v) is 3.54. The number of rotatable bonds is 3. The summed E-state index contributed by atoms with van der Waals surface area (Å²) in [6, 6.07) is 0. The van der Waals surface area contributed by atoms with Gasteiger partial charge >= 0.3 is 0 Å². The fraction of sp³-hybridized carbons (Fsp3) is 1.00. The molecule has 0 aromatic carbocycles. The second kappa shape index (κ2) is 3.99. The van der Waals surface area contributed by atoms with Gasteiger partial charge in [0, 0.05) is 27.9 Å². The van der Waals surface area contributed by atoms with Crippen LogP contribution < -0.4 is 0 Å². The SMILES string of the molecule is [Si]C(CCl)(CCl)CCl.